The van der Waals surface area contributed by atoms with Crippen LogP contribution in [0.4, 0.5) is 0 Å². The van der Waals surface area contributed by atoms with Gasteiger partial charge in [0.15, 0.2) is 0 Å². The highest BCUT2D eigenvalue weighted by atomic mass is 79.9. The molecule has 5 heteroatoms. The molecule has 0 saturated carbocycles. The Morgan fingerprint density at radius 1 is 1.33 bits per heavy atom. The minimum atomic E-state index is 0. The highest BCUT2D eigenvalue weighted by molar-refractivity contribution is 9.10. The van der Waals surface area contributed by atoms with Gasteiger partial charge in [0.05, 0.1) is 0 Å². The van der Waals surface area contributed by atoms with Crippen LogP contribution in [-0.2, 0) is 0 Å². The minimum absolute atomic E-state index is 0. The third-order valence-electron chi connectivity index (χ3n) is 2.37. The standard InChI is InChI=1S/C10H12BrClN2.ClH/c11-7-1-2-9(12)8(5-7)10-6-13-3-4-14-10;/h1-2,5,10,13-14H,3-4,6H2;1H/t10-;/m1./s1. The zero-order valence-electron chi connectivity index (χ0n) is 8.09. The van der Waals surface area contributed by atoms with Crippen molar-refractivity contribution in [3.63, 3.8) is 0 Å². The fourth-order valence-corrected chi connectivity index (χ4v) is 2.28. The number of piperazine rings is 1. The van der Waals surface area contributed by atoms with Crippen molar-refractivity contribution in [1.82, 2.24) is 10.6 Å². The first-order valence-electron chi connectivity index (χ1n) is 4.66. The van der Waals surface area contributed by atoms with Gasteiger partial charge in [0.2, 0.25) is 0 Å². The summed E-state index contributed by atoms with van der Waals surface area (Å²) in [5.41, 5.74) is 1.16. The molecular weight excluding hydrogens is 299 g/mol. The predicted molar refractivity (Wildman–Crippen MR) is 70.0 cm³/mol. The van der Waals surface area contributed by atoms with Crippen molar-refractivity contribution >= 4 is 39.9 Å². The first kappa shape index (κ1) is 13.3. The van der Waals surface area contributed by atoms with Crippen LogP contribution in [0, 0.1) is 0 Å². The van der Waals surface area contributed by atoms with E-state index in [2.05, 4.69) is 32.6 Å². The molecular formula is C10H13BrCl2N2. The summed E-state index contributed by atoms with van der Waals surface area (Å²) in [6, 6.07) is 6.29. The first-order valence-corrected chi connectivity index (χ1v) is 5.83. The molecule has 0 spiro atoms. The van der Waals surface area contributed by atoms with E-state index in [4.69, 9.17) is 11.6 Å². The summed E-state index contributed by atoms with van der Waals surface area (Å²) < 4.78 is 1.07. The molecule has 1 fully saturated rings. The van der Waals surface area contributed by atoms with Crippen LogP contribution in [0.5, 0.6) is 0 Å². The van der Waals surface area contributed by atoms with Gasteiger partial charge < -0.3 is 10.6 Å². The van der Waals surface area contributed by atoms with E-state index in [1.165, 1.54) is 0 Å². The lowest BCUT2D eigenvalue weighted by Gasteiger charge is -2.25. The molecule has 0 aromatic heterocycles. The molecule has 1 saturated heterocycles. The molecule has 1 aromatic rings. The van der Waals surface area contributed by atoms with Crippen LogP contribution in [0.3, 0.4) is 0 Å². The van der Waals surface area contributed by atoms with Gasteiger partial charge in [-0.3, -0.25) is 0 Å². The van der Waals surface area contributed by atoms with Crippen molar-refractivity contribution in [2.24, 2.45) is 0 Å². The molecule has 84 valence electrons. The van der Waals surface area contributed by atoms with Crippen molar-refractivity contribution in [1.29, 1.82) is 0 Å². The topological polar surface area (TPSA) is 24.1 Å². The summed E-state index contributed by atoms with van der Waals surface area (Å²) >= 11 is 9.60. The Bertz CT molecular complexity index is 327. The van der Waals surface area contributed by atoms with Gasteiger partial charge in [-0.2, -0.15) is 0 Å². The number of hydrogen-bond acceptors (Lipinski definition) is 2. The zero-order chi connectivity index (χ0) is 9.97. The maximum atomic E-state index is 6.14. The van der Waals surface area contributed by atoms with E-state index < -0.39 is 0 Å². The Balaban J connectivity index is 0.00000112. The third-order valence-corrected chi connectivity index (χ3v) is 3.21. The van der Waals surface area contributed by atoms with Crippen molar-refractivity contribution < 1.29 is 0 Å². The van der Waals surface area contributed by atoms with Crippen molar-refractivity contribution in [3.05, 3.63) is 33.3 Å². The van der Waals surface area contributed by atoms with Gasteiger partial charge in [0.1, 0.15) is 0 Å². The lowest BCUT2D eigenvalue weighted by Crippen LogP contribution is -2.42. The first-order chi connectivity index (χ1) is 6.77. The monoisotopic (exact) mass is 310 g/mol. The second-order valence-electron chi connectivity index (χ2n) is 3.38. The molecule has 0 unspecified atom stereocenters. The van der Waals surface area contributed by atoms with E-state index in [1.807, 2.05) is 12.1 Å². The molecule has 1 aromatic carbocycles. The molecule has 2 N–H and O–H groups in total. The lowest BCUT2D eigenvalue weighted by atomic mass is 10.1. The van der Waals surface area contributed by atoms with E-state index in [0.29, 0.717) is 6.04 Å². The largest absolute Gasteiger partial charge is 0.314 e. The van der Waals surface area contributed by atoms with E-state index >= 15 is 0 Å². The van der Waals surface area contributed by atoms with Crippen LogP contribution >= 0.6 is 39.9 Å². The molecule has 1 atom stereocenters. The second kappa shape index (κ2) is 6.06. The SMILES string of the molecule is Cl.Clc1ccc(Br)cc1[C@H]1CNCCN1. The molecule has 15 heavy (non-hydrogen) atoms. The van der Waals surface area contributed by atoms with E-state index in [1.54, 1.807) is 0 Å². The second-order valence-corrected chi connectivity index (χ2v) is 4.70. The molecule has 1 aliphatic heterocycles. The summed E-state index contributed by atoms with van der Waals surface area (Å²) in [5, 5.41) is 7.61. The summed E-state index contributed by atoms with van der Waals surface area (Å²) in [7, 11) is 0. The number of halogens is 3. The number of benzene rings is 1. The molecule has 0 amide bonds. The van der Waals surface area contributed by atoms with Crippen LogP contribution in [0.15, 0.2) is 22.7 Å². The predicted octanol–water partition coefficient (Wildman–Crippen LogP) is 2.76. The molecule has 2 nitrogen and oxygen atoms in total. The summed E-state index contributed by atoms with van der Waals surface area (Å²) in [6.45, 7) is 2.96. The van der Waals surface area contributed by atoms with Gasteiger partial charge in [-0.1, -0.05) is 27.5 Å². The molecule has 0 radical (unpaired) electrons. The fraction of sp³-hybridized carbons (Fsp3) is 0.400. The zero-order valence-corrected chi connectivity index (χ0v) is 11.3. The van der Waals surface area contributed by atoms with Gasteiger partial charge in [-0.25, -0.2) is 0 Å². The van der Waals surface area contributed by atoms with Crippen LogP contribution in [-0.4, -0.2) is 19.6 Å². The highest BCUT2D eigenvalue weighted by Gasteiger charge is 2.16. The van der Waals surface area contributed by atoms with Gasteiger partial charge in [0, 0.05) is 35.2 Å². The summed E-state index contributed by atoms with van der Waals surface area (Å²) in [4.78, 5) is 0. The van der Waals surface area contributed by atoms with Gasteiger partial charge >= 0.3 is 0 Å². The maximum absolute atomic E-state index is 6.14. The minimum Gasteiger partial charge on any atom is -0.314 e. The molecule has 1 heterocycles. The highest BCUT2D eigenvalue weighted by Crippen LogP contribution is 2.26. The maximum Gasteiger partial charge on any atom is 0.0462 e. The Kier molecular flexibility index (Phi) is 5.36. The van der Waals surface area contributed by atoms with Crippen molar-refractivity contribution in [3.8, 4) is 0 Å². The summed E-state index contributed by atoms with van der Waals surface area (Å²) in [6.07, 6.45) is 0. The van der Waals surface area contributed by atoms with E-state index in [0.717, 1.165) is 34.7 Å². The number of hydrogen-bond donors (Lipinski definition) is 2. The van der Waals surface area contributed by atoms with Crippen LogP contribution < -0.4 is 10.6 Å². The van der Waals surface area contributed by atoms with Crippen LogP contribution in [0.25, 0.3) is 0 Å². The number of nitrogens with one attached hydrogen (secondary N) is 2. The quantitative estimate of drug-likeness (QED) is 0.833. The van der Waals surface area contributed by atoms with E-state index in [9.17, 15) is 0 Å². The normalized spacial score (nSPS) is 20.8. The summed E-state index contributed by atoms with van der Waals surface area (Å²) in [5.74, 6) is 0. The van der Waals surface area contributed by atoms with E-state index in [-0.39, 0.29) is 12.4 Å². The Labute approximate surface area is 109 Å². The molecule has 1 aliphatic rings. The third kappa shape index (κ3) is 3.33. The molecule has 0 bridgehead atoms. The van der Waals surface area contributed by atoms with Crippen molar-refractivity contribution in [2.45, 2.75) is 6.04 Å². The Morgan fingerprint density at radius 3 is 2.80 bits per heavy atom. The molecule has 2 rings (SSSR count). The molecule has 0 aliphatic carbocycles. The Hall–Kier alpha value is 0.200. The average molecular weight is 312 g/mol. The Morgan fingerprint density at radius 2 is 2.13 bits per heavy atom. The fourth-order valence-electron chi connectivity index (χ4n) is 1.65. The number of rotatable bonds is 1. The van der Waals surface area contributed by atoms with Crippen LogP contribution in [0.1, 0.15) is 11.6 Å². The lowest BCUT2D eigenvalue weighted by molar-refractivity contribution is 0.430. The average Bonchev–Trinajstić information content (AvgIpc) is 2.23. The van der Waals surface area contributed by atoms with Gasteiger partial charge in [0.25, 0.3) is 0 Å². The van der Waals surface area contributed by atoms with Crippen LogP contribution in [0.2, 0.25) is 5.02 Å². The van der Waals surface area contributed by atoms with Gasteiger partial charge in [-0.15, -0.1) is 12.4 Å². The van der Waals surface area contributed by atoms with Gasteiger partial charge in [-0.05, 0) is 23.8 Å². The smallest absolute Gasteiger partial charge is 0.0462 e. The van der Waals surface area contributed by atoms with Crippen molar-refractivity contribution in [2.75, 3.05) is 19.6 Å².